The summed E-state index contributed by atoms with van der Waals surface area (Å²) in [6.45, 7) is 0.747. The van der Waals surface area contributed by atoms with Gasteiger partial charge in [-0.1, -0.05) is 0 Å². The predicted octanol–water partition coefficient (Wildman–Crippen LogP) is 1.33. The molecule has 0 spiro atoms. The Balaban J connectivity index is 1.91. The van der Waals surface area contributed by atoms with Crippen molar-refractivity contribution >= 4 is 6.29 Å². The van der Waals surface area contributed by atoms with Gasteiger partial charge in [0.2, 0.25) is 12.2 Å². The molecule has 0 aromatic carbocycles. The van der Waals surface area contributed by atoms with E-state index in [4.69, 9.17) is 4.74 Å². The summed E-state index contributed by atoms with van der Waals surface area (Å²) >= 11 is 0. The first-order chi connectivity index (χ1) is 6.38. The molecule has 0 N–H and O–H groups in total. The quantitative estimate of drug-likeness (QED) is 0.694. The first-order valence-corrected chi connectivity index (χ1v) is 4.35. The molecule has 1 aliphatic rings. The molecule has 3 heteroatoms. The summed E-state index contributed by atoms with van der Waals surface area (Å²) in [6, 6.07) is 3.35. The van der Waals surface area contributed by atoms with Gasteiger partial charge >= 0.3 is 0 Å². The van der Waals surface area contributed by atoms with Crippen LogP contribution in [-0.2, 0) is 4.79 Å². The number of pyridine rings is 1. The van der Waals surface area contributed by atoms with Crippen LogP contribution in [0.15, 0.2) is 18.3 Å². The molecule has 0 aliphatic heterocycles. The lowest BCUT2D eigenvalue weighted by Crippen LogP contribution is -2.00. The van der Waals surface area contributed by atoms with E-state index >= 15 is 0 Å². The van der Waals surface area contributed by atoms with Crippen LogP contribution in [0.3, 0.4) is 0 Å². The van der Waals surface area contributed by atoms with Gasteiger partial charge in [0.15, 0.2) is 0 Å². The zero-order valence-corrected chi connectivity index (χ0v) is 7.19. The molecule has 0 atom stereocenters. The van der Waals surface area contributed by atoms with Gasteiger partial charge in [0.1, 0.15) is 0 Å². The van der Waals surface area contributed by atoms with Crippen molar-refractivity contribution in [1.82, 2.24) is 4.98 Å². The number of ether oxygens (including phenoxy) is 1. The van der Waals surface area contributed by atoms with Crippen LogP contribution in [0.5, 0.6) is 5.88 Å². The maximum Gasteiger partial charge on any atom is 0.235 e. The van der Waals surface area contributed by atoms with Crippen molar-refractivity contribution in [3.63, 3.8) is 0 Å². The Morgan fingerprint density at radius 1 is 1.54 bits per heavy atom. The minimum absolute atomic E-state index is 0.457. The van der Waals surface area contributed by atoms with Gasteiger partial charge in [-0.3, -0.25) is 4.79 Å². The minimum atomic E-state index is 0.457. The van der Waals surface area contributed by atoms with Gasteiger partial charge in [0.05, 0.1) is 6.61 Å². The van der Waals surface area contributed by atoms with E-state index in [2.05, 4.69) is 4.98 Å². The lowest BCUT2D eigenvalue weighted by Gasteiger charge is -2.02. The van der Waals surface area contributed by atoms with E-state index in [0.717, 1.165) is 12.5 Å². The molecule has 0 amide bonds. The molecular formula is C10H10NO2. The molecule has 2 rings (SSSR count). The van der Waals surface area contributed by atoms with Crippen LogP contribution in [-0.4, -0.2) is 17.9 Å². The van der Waals surface area contributed by atoms with Crippen LogP contribution in [0.1, 0.15) is 18.4 Å². The number of aromatic nitrogens is 1. The second-order valence-electron chi connectivity index (χ2n) is 3.24. The van der Waals surface area contributed by atoms with E-state index in [1.54, 1.807) is 18.4 Å². The van der Waals surface area contributed by atoms with Gasteiger partial charge in [0.25, 0.3) is 0 Å². The molecule has 13 heavy (non-hydrogen) atoms. The van der Waals surface area contributed by atoms with Crippen LogP contribution in [0.2, 0.25) is 0 Å². The Hall–Kier alpha value is -1.38. The highest BCUT2D eigenvalue weighted by Crippen LogP contribution is 2.29. The molecule has 1 saturated carbocycles. The van der Waals surface area contributed by atoms with Gasteiger partial charge < -0.3 is 4.74 Å². The summed E-state index contributed by atoms with van der Waals surface area (Å²) in [5.74, 6) is 1.31. The largest absolute Gasteiger partial charge is 0.477 e. The molecule has 1 fully saturated rings. The third-order valence-electron chi connectivity index (χ3n) is 2.02. The third-order valence-corrected chi connectivity index (χ3v) is 2.02. The van der Waals surface area contributed by atoms with Gasteiger partial charge in [-0.05, 0) is 24.8 Å². The van der Waals surface area contributed by atoms with Crippen LogP contribution >= 0.6 is 0 Å². The molecule has 0 saturated heterocycles. The zero-order chi connectivity index (χ0) is 9.10. The van der Waals surface area contributed by atoms with Crippen molar-refractivity contribution in [2.24, 2.45) is 5.92 Å². The zero-order valence-electron chi connectivity index (χ0n) is 7.19. The van der Waals surface area contributed by atoms with Crippen molar-refractivity contribution in [3.05, 3.63) is 23.9 Å². The van der Waals surface area contributed by atoms with Crippen molar-refractivity contribution in [2.75, 3.05) is 6.61 Å². The molecule has 3 nitrogen and oxygen atoms in total. The average Bonchev–Trinajstić information content (AvgIpc) is 2.99. The van der Waals surface area contributed by atoms with Crippen LogP contribution < -0.4 is 4.74 Å². The summed E-state index contributed by atoms with van der Waals surface area (Å²) in [5.41, 5.74) is 0.457. The minimum Gasteiger partial charge on any atom is -0.477 e. The lowest BCUT2D eigenvalue weighted by molar-refractivity contribution is 0.288. The summed E-state index contributed by atoms with van der Waals surface area (Å²) < 4.78 is 5.39. The van der Waals surface area contributed by atoms with Crippen LogP contribution in [0.25, 0.3) is 0 Å². The van der Waals surface area contributed by atoms with E-state index in [9.17, 15) is 4.79 Å². The Morgan fingerprint density at radius 3 is 2.92 bits per heavy atom. The van der Waals surface area contributed by atoms with E-state index < -0.39 is 0 Å². The van der Waals surface area contributed by atoms with Crippen molar-refractivity contribution in [2.45, 2.75) is 12.8 Å². The molecule has 1 aliphatic carbocycles. The summed E-state index contributed by atoms with van der Waals surface area (Å²) in [4.78, 5) is 14.2. The number of hydrogen-bond acceptors (Lipinski definition) is 3. The Bertz CT molecular complexity index is 290. The number of nitrogens with zero attached hydrogens (tertiary/aromatic N) is 1. The maximum absolute atomic E-state index is 10.2. The SMILES string of the molecule is O=[C]c1ccc(OCC2CC2)nc1. The first-order valence-electron chi connectivity index (χ1n) is 4.35. The van der Waals surface area contributed by atoms with E-state index in [0.29, 0.717) is 11.4 Å². The van der Waals surface area contributed by atoms with Crippen molar-refractivity contribution in [3.8, 4) is 5.88 Å². The molecule has 1 aromatic heterocycles. The molecule has 1 heterocycles. The smallest absolute Gasteiger partial charge is 0.235 e. The van der Waals surface area contributed by atoms with E-state index in [1.807, 2.05) is 0 Å². The van der Waals surface area contributed by atoms with Gasteiger partial charge in [-0.15, -0.1) is 0 Å². The Morgan fingerprint density at radius 2 is 2.38 bits per heavy atom. The highest BCUT2D eigenvalue weighted by Gasteiger charge is 2.21. The third kappa shape index (κ3) is 2.28. The van der Waals surface area contributed by atoms with Gasteiger partial charge in [-0.2, -0.15) is 0 Å². The monoisotopic (exact) mass is 176 g/mol. The fourth-order valence-corrected chi connectivity index (χ4v) is 1.01. The Kier molecular flexibility index (Phi) is 2.25. The fourth-order valence-electron chi connectivity index (χ4n) is 1.01. The molecule has 0 bridgehead atoms. The second-order valence-corrected chi connectivity index (χ2v) is 3.24. The normalized spacial score (nSPS) is 15.4. The van der Waals surface area contributed by atoms with Crippen LogP contribution in [0.4, 0.5) is 0 Å². The number of hydrogen-bond donors (Lipinski definition) is 0. The summed E-state index contributed by atoms with van der Waals surface area (Å²) in [5, 5.41) is 0. The maximum atomic E-state index is 10.2. The first kappa shape index (κ1) is 8.23. The topological polar surface area (TPSA) is 39.2 Å². The number of rotatable bonds is 4. The van der Waals surface area contributed by atoms with Gasteiger partial charge in [0, 0.05) is 17.8 Å². The van der Waals surface area contributed by atoms with Crippen molar-refractivity contribution < 1.29 is 9.53 Å². The molecule has 67 valence electrons. The summed E-state index contributed by atoms with van der Waals surface area (Å²) in [7, 11) is 0. The lowest BCUT2D eigenvalue weighted by atomic mass is 10.3. The van der Waals surface area contributed by atoms with E-state index in [1.165, 1.54) is 19.0 Å². The molecule has 0 unspecified atom stereocenters. The summed E-state index contributed by atoms with van der Waals surface area (Å²) in [6.07, 6.45) is 5.76. The highest BCUT2D eigenvalue weighted by molar-refractivity contribution is 5.74. The molecule has 1 aromatic rings. The van der Waals surface area contributed by atoms with E-state index in [-0.39, 0.29) is 0 Å². The highest BCUT2D eigenvalue weighted by atomic mass is 16.5. The van der Waals surface area contributed by atoms with Crippen LogP contribution in [0, 0.1) is 5.92 Å². The predicted molar refractivity (Wildman–Crippen MR) is 47.3 cm³/mol. The van der Waals surface area contributed by atoms with Gasteiger partial charge in [-0.25, -0.2) is 4.98 Å². The Labute approximate surface area is 76.7 Å². The molecule has 1 radical (unpaired) electrons. The number of carbonyl (C=O) groups excluding carboxylic acids is 1. The van der Waals surface area contributed by atoms with Crippen molar-refractivity contribution in [1.29, 1.82) is 0 Å². The second kappa shape index (κ2) is 3.56. The fraction of sp³-hybridized carbons (Fsp3) is 0.400. The average molecular weight is 176 g/mol. The standard InChI is InChI=1S/C10H10NO2/c12-6-9-3-4-10(11-5-9)13-7-8-1-2-8/h3-5,8H,1-2,7H2. The molecular weight excluding hydrogens is 166 g/mol.